The molecule has 1 heterocycles. The second kappa shape index (κ2) is 10.3. The van der Waals surface area contributed by atoms with E-state index < -0.39 is 0 Å². The van der Waals surface area contributed by atoms with Gasteiger partial charge in [0, 0.05) is 23.4 Å². The maximum Gasteiger partial charge on any atom is 0.128 e. The lowest BCUT2D eigenvalue weighted by molar-refractivity contribution is 0.307. The number of nitrogens with zero attached hydrogens (tertiary/aromatic N) is 1. The number of anilines is 1. The van der Waals surface area contributed by atoms with Gasteiger partial charge in [-0.1, -0.05) is 97.1 Å². The third-order valence-corrected chi connectivity index (χ3v) is 8.06. The Morgan fingerprint density at radius 1 is 0.795 bits per heavy atom. The molecule has 0 fully saturated rings. The normalized spacial score (nSPS) is 19.5. The van der Waals surface area contributed by atoms with Gasteiger partial charge in [-0.3, -0.25) is 4.99 Å². The van der Waals surface area contributed by atoms with Crippen LogP contribution in [0.4, 0.5) is 11.4 Å². The van der Waals surface area contributed by atoms with Crippen molar-refractivity contribution in [2.75, 3.05) is 5.32 Å². The van der Waals surface area contributed by atoms with Crippen LogP contribution in [0.2, 0.25) is 0 Å². The number of hydrogen-bond donors (Lipinski definition) is 1. The summed E-state index contributed by atoms with van der Waals surface area (Å²) in [4.78, 5) is 4.79. The molecule has 2 aliphatic rings. The Morgan fingerprint density at radius 2 is 1.59 bits per heavy atom. The van der Waals surface area contributed by atoms with E-state index in [0.29, 0.717) is 24.5 Å². The quantitative estimate of drug-likeness (QED) is 0.184. The van der Waals surface area contributed by atoms with Gasteiger partial charge in [-0.15, -0.1) is 0 Å². The van der Waals surface area contributed by atoms with Crippen molar-refractivity contribution in [2.24, 2.45) is 10.9 Å². The Kier molecular flexibility index (Phi) is 6.18. The van der Waals surface area contributed by atoms with Crippen LogP contribution in [0.3, 0.4) is 0 Å². The fraction of sp³-hybridized carbons (Fsp3) is 0.139. The van der Waals surface area contributed by atoms with E-state index in [1.54, 1.807) is 0 Å². The van der Waals surface area contributed by atoms with Gasteiger partial charge in [-0.2, -0.15) is 0 Å². The van der Waals surface area contributed by atoms with Gasteiger partial charge in [0.25, 0.3) is 0 Å². The molecule has 1 aliphatic carbocycles. The summed E-state index contributed by atoms with van der Waals surface area (Å²) in [5, 5.41) is 6.26. The first-order valence-corrected chi connectivity index (χ1v) is 13.7. The number of fused-ring (bicyclic) bond motifs is 4. The van der Waals surface area contributed by atoms with Crippen LogP contribution in [0, 0.1) is 5.92 Å². The fourth-order valence-corrected chi connectivity index (χ4v) is 6.08. The number of para-hydroxylation sites is 2. The molecular formula is C36H30N2O. The summed E-state index contributed by atoms with van der Waals surface area (Å²) in [6, 6.07) is 40.5. The average molecular weight is 507 g/mol. The molecule has 0 spiro atoms. The molecule has 1 N–H and O–H groups in total. The van der Waals surface area contributed by atoms with Crippen LogP contribution in [-0.4, -0.2) is 6.21 Å². The van der Waals surface area contributed by atoms with Gasteiger partial charge in [-0.05, 0) is 70.1 Å². The number of hydrogen-bond acceptors (Lipinski definition) is 3. The molecule has 7 rings (SSSR count). The van der Waals surface area contributed by atoms with Crippen molar-refractivity contribution < 1.29 is 4.74 Å². The molecule has 5 aromatic rings. The van der Waals surface area contributed by atoms with Crippen LogP contribution in [0.5, 0.6) is 5.75 Å². The zero-order valence-electron chi connectivity index (χ0n) is 21.7. The maximum atomic E-state index is 6.28. The highest BCUT2D eigenvalue weighted by molar-refractivity contribution is 5.86. The Morgan fingerprint density at radius 3 is 2.54 bits per heavy atom. The summed E-state index contributed by atoms with van der Waals surface area (Å²) in [7, 11) is 0. The number of ether oxygens (including phenoxy) is 1. The summed E-state index contributed by atoms with van der Waals surface area (Å²) in [6.07, 6.45) is 7.73. The van der Waals surface area contributed by atoms with E-state index in [-0.39, 0.29) is 0 Å². The third-order valence-electron chi connectivity index (χ3n) is 8.06. The third kappa shape index (κ3) is 4.61. The minimum absolute atomic E-state index is 0.293. The number of allylic oxidation sites excluding steroid dienone is 2. The van der Waals surface area contributed by atoms with Crippen molar-refractivity contribution in [1.82, 2.24) is 0 Å². The molecule has 0 radical (unpaired) electrons. The molecule has 3 heteroatoms. The lowest BCUT2D eigenvalue weighted by atomic mass is 9.77. The van der Waals surface area contributed by atoms with Crippen LogP contribution in [0.15, 0.2) is 132 Å². The molecule has 39 heavy (non-hydrogen) atoms. The van der Waals surface area contributed by atoms with Crippen molar-refractivity contribution >= 4 is 28.4 Å². The lowest BCUT2D eigenvalue weighted by Crippen LogP contribution is -2.28. The number of rotatable bonds is 6. The van der Waals surface area contributed by atoms with Crippen molar-refractivity contribution in [3.8, 4) is 5.75 Å². The Bertz CT molecular complexity index is 1680. The van der Waals surface area contributed by atoms with Crippen LogP contribution in [0.25, 0.3) is 10.8 Å². The molecule has 0 saturated carbocycles. The minimum atomic E-state index is 0.293. The molecule has 3 nitrogen and oxygen atoms in total. The highest BCUT2D eigenvalue weighted by atomic mass is 16.5. The summed E-state index contributed by atoms with van der Waals surface area (Å²) in [5.74, 6) is 1.85. The minimum Gasteiger partial charge on any atom is -0.488 e. The molecule has 190 valence electrons. The van der Waals surface area contributed by atoms with E-state index in [9.17, 15) is 0 Å². The van der Waals surface area contributed by atoms with Gasteiger partial charge in [0.2, 0.25) is 0 Å². The number of aliphatic imine (C=N–C) groups is 1. The largest absolute Gasteiger partial charge is 0.488 e. The van der Waals surface area contributed by atoms with E-state index in [0.717, 1.165) is 23.4 Å². The highest BCUT2D eigenvalue weighted by Gasteiger charge is 2.37. The van der Waals surface area contributed by atoms with Crippen LogP contribution in [-0.2, 0) is 6.61 Å². The van der Waals surface area contributed by atoms with Gasteiger partial charge in [0.15, 0.2) is 0 Å². The van der Waals surface area contributed by atoms with Gasteiger partial charge in [0.05, 0.1) is 11.7 Å². The molecule has 0 amide bonds. The summed E-state index contributed by atoms with van der Waals surface area (Å²) >= 11 is 0. The number of benzene rings is 5. The second-order valence-corrected chi connectivity index (χ2v) is 10.4. The van der Waals surface area contributed by atoms with Gasteiger partial charge < -0.3 is 10.1 Å². The van der Waals surface area contributed by atoms with Crippen LogP contribution < -0.4 is 10.1 Å². The Hall–Kier alpha value is -4.63. The maximum absolute atomic E-state index is 6.28. The fourth-order valence-electron chi connectivity index (χ4n) is 6.08. The topological polar surface area (TPSA) is 33.6 Å². The second-order valence-electron chi connectivity index (χ2n) is 10.4. The van der Waals surface area contributed by atoms with Crippen molar-refractivity contribution in [2.45, 2.75) is 25.0 Å². The van der Waals surface area contributed by atoms with Crippen LogP contribution >= 0.6 is 0 Å². The van der Waals surface area contributed by atoms with E-state index in [1.165, 1.54) is 33.2 Å². The van der Waals surface area contributed by atoms with Gasteiger partial charge in [-0.25, -0.2) is 0 Å². The predicted octanol–water partition coefficient (Wildman–Crippen LogP) is 9.00. The molecule has 0 saturated heterocycles. The van der Waals surface area contributed by atoms with Crippen molar-refractivity contribution in [1.29, 1.82) is 0 Å². The average Bonchev–Trinajstić information content (AvgIpc) is 3.50. The van der Waals surface area contributed by atoms with E-state index in [4.69, 9.17) is 9.73 Å². The number of nitrogens with one attached hydrogen (secondary N) is 1. The van der Waals surface area contributed by atoms with Gasteiger partial charge in [0.1, 0.15) is 12.4 Å². The molecule has 0 aromatic heterocycles. The first-order chi connectivity index (χ1) is 19.3. The molecule has 5 aromatic carbocycles. The van der Waals surface area contributed by atoms with E-state index >= 15 is 0 Å². The standard InChI is InChI=1S/C36H30N2O/c1-3-13-30-25(9-1)11-7-12-28(30)24-39-35-18-6-2-10-27(35)23-37-29-21-19-26(20-22-29)36-33-16-8-15-31(33)32-14-4-5-17-34(32)38-36/h1-15,17-23,31,33,36,38H,16,24H2/t31-,33+,36+/m1/s1. The first kappa shape index (κ1) is 23.5. The lowest BCUT2D eigenvalue weighted by Gasteiger charge is -2.37. The van der Waals surface area contributed by atoms with E-state index in [2.05, 4.69) is 108 Å². The molecule has 0 unspecified atom stereocenters. The SMILES string of the molecule is C1=C[C@@H]2c3ccccc3N[C@@H](c3ccc(N=Cc4ccccc4OCc4cccc5ccccc45)cc3)[C@H]2C1. The summed E-state index contributed by atoms with van der Waals surface area (Å²) in [5.41, 5.74) is 7.04. The molecule has 0 bridgehead atoms. The zero-order chi connectivity index (χ0) is 26.0. The zero-order valence-corrected chi connectivity index (χ0v) is 21.7. The molecular weight excluding hydrogens is 476 g/mol. The monoisotopic (exact) mass is 506 g/mol. The first-order valence-electron chi connectivity index (χ1n) is 13.7. The molecule has 3 atom stereocenters. The van der Waals surface area contributed by atoms with E-state index in [1.807, 2.05) is 30.5 Å². The molecule has 1 aliphatic heterocycles. The van der Waals surface area contributed by atoms with Gasteiger partial charge >= 0.3 is 0 Å². The Labute approximate surface area is 229 Å². The van der Waals surface area contributed by atoms with Crippen molar-refractivity contribution in [3.05, 3.63) is 150 Å². The summed E-state index contributed by atoms with van der Waals surface area (Å²) in [6.45, 7) is 0.509. The smallest absolute Gasteiger partial charge is 0.128 e. The predicted molar refractivity (Wildman–Crippen MR) is 161 cm³/mol. The highest BCUT2D eigenvalue weighted by Crippen LogP contribution is 2.49. The van der Waals surface area contributed by atoms with Crippen molar-refractivity contribution in [3.63, 3.8) is 0 Å². The van der Waals surface area contributed by atoms with Crippen LogP contribution in [0.1, 0.15) is 40.6 Å². The Balaban J connectivity index is 1.08. The summed E-state index contributed by atoms with van der Waals surface area (Å²) < 4.78 is 6.28.